The first-order valence-corrected chi connectivity index (χ1v) is 11.3. The van der Waals surface area contributed by atoms with Gasteiger partial charge < -0.3 is 9.08 Å². The molecule has 0 aliphatic rings. The molecule has 0 heterocycles. The zero-order valence-electron chi connectivity index (χ0n) is 17.6. The van der Waals surface area contributed by atoms with Gasteiger partial charge in [-0.15, -0.1) is 0 Å². The van der Waals surface area contributed by atoms with Crippen molar-refractivity contribution >= 4 is 16.0 Å². The first-order chi connectivity index (χ1) is 14.4. The highest BCUT2D eigenvalue weighted by Gasteiger charge is 2.32. The lowest BCUT2D eigenvalue weighted by molar-refractivity contribution is -0.137. The molecule has 0 fully saturated rings. The van der Waals surface area contributed by atoms with Gasteiger partial charge in [0.05, 0.1) is 5.56 Å². The Bertz CT molecular complexity index is 1000. The topological polar surface area (TPSA) is 63.7 Å². The Morgan fingerprint density at radius 1 is 1.10 bits per heavy atom. The van der Waals surface area contributed by atoms with Crippen LogP contribution in [-0.4, -0.2) is 25.3 Å². The third-order valence-corrected chi connectivity index (χ3v) is 5.84. The fraction of sp³-hybridized carbons (Fsp3) is 0.409. The summed E-state index contributed by atoms with van der Waals surface area (Å²) in [6.45, 7) is 6.05. The number of halogens is 3. The van der Waals surface area contributed by atoms with Crippen molar-refractivity contribution in [3.05, 3.63) is 59.7 Å². The molecule has 0 unspecified atom stereocenters. The number of unbranched alkanes of at least 4 members (excludes halogenated alkanes) is 1. The molecule has 0 aromatic heterocycles. The van der Waals surface area contributed by atoms with Gasteiger partial charge in [0.15, 0.2) is 0 Å². The van der Waals surface area contributed by atoms with Crippen molar-refractivity contribution in [1.29, 1.82) is 0 Å². The summed E-state index contributed by atoms with van der Waals surface area (Å²) >= 11 is 0. The van der Waals surface area contributed by atoms with Crippen molar-refractivity contribution in [2.75, 3.05) is 0 Å². The number of carbonyl (C=O) groups is 1. The third-order valence-electron chi connectivity index (χ3n) is 4.60. The van der Waals surface area contributed by atoms with E-state index in [1.54, 1.807) is 17.0 Å². The van der Waals surface area contributed by atoms with Crippen LogP contribution >= 0.6 is 0 Å². The van der Waals surface area contributed by atoms with Gasteiger partial charge in [0.25, 0.3) is 0 Å². The number of hydrogen-bond acceptors (Lipinski definition) is 4. The minimum atomic E-state index is -4.67. The van der Waals surface area contributed by atoms with E-state index in [2.05, 4.69) is 0 Å². The van der Waals surface area contributed by atoms with Crippen molar-refractivity contribution in [3.63, 3.8) is 0 Å². The van der Waals surface area contributed by atoms with Crippen molar-refractivity contribution in [2.24, 2.45) is 0 Å². The molecule has 31 heavy (non-hydrogen) atoms. The molecule has 170 valence electrons. The number of nitrogens with zero attached hydrogens (tertiary/aromatic N) is 1. The molecule has 0 saturated carbocycles. The summed E-state index contributed by atoms with van der Waals surface area (Å²) in [4.78, 5) is 13.6. The van der Waals surface area contributed by atoms with Gasteiger partial charge in [0.2, 0.25) is 5.91 Å². The van der Waals surface area contributed by atoms with E-state index in [0.29, 0.717) is 18.1 Å². The summed E-state index contributed by atoms with van der Waals surface area (Å²) in [5.74, 6) is -0.0422. The Balaban J connectivity index is 2.22. The predicted molar refractivity (Wildman–Crippen MR) is 111 cm³/mol. The Hall–Kier alpha value is -2.55. The standard InChI is InChI=1S/C22H26F3NO4S/c1-4-5-12-21(27)26(16(2)3)15-17-8-6-10-19(13-17)30-31(28,29)20-11-7-9-18(14-20)22(23,24)25/h6-11,13-14,16H,4-5,12,15H2,1-3H3. The van der Waals surface area contributed by atoms with E-state index in [-0.39, 0.29) is 24.2 Å². The molecule has 0 spiro atoms. The number of carbonyl (C=O) groups excluding carboxylic acids is 1. The maximum Gasteiger partial charge on any atom is 0.416 e. The molecular weight excluding hydrogens is 431 g/mol. The van der Waals surface area contributed by atoms with E-state index in [4.69, 9.17) is 4.18 Å². The van der Waals surface area contributed by atoms with Crippen LogP contribution in [0.3, 0.4) is 0 Å². The summed E-state index contributed by atoms with van der Waals surface area (Å²) in [5, 5.41) is 0. The molecule has 0 atom stereocenters. The Morgan fingerprint density at radius 2 is 1.77 bits per heavy atom. The van der Waals surface area contributed by atoms with Crippen LogP contribution in [0.2, 0.25) is 0 Å². The lowest BCUT2D eigenvalue weighted by Crippen LogP contribution is -2.36. The molecule has 5 nitrogen and oxygen atoms in total. The van der Waals surface area contributed by atoms with Crippen molar-refractivity contribution < 1.29 is 30.6 Å². The zero-order chi connectivity index (χ0) is 23.2. The van der Waals surface area contributed by atoms with E-state index in [9.17, 15) is 26.4 Å². The van der Waals surface area contributed by atoms with E-state index in [1.807, 2.05) is 20.8 Å². The molecule has 2 aromatic carbocycles. The molecule has 2 rings (SSSR count). The van der Waals surface area contributed by atoms with E-state index in [1.165, 1.54) is 12.1 Å². The zero-order valence-corrected chi connectivity index (χ0v) is 18.5. The summed E-state index contributed by atoms with van der Waals surface area (Å²) in [7, 11) is -4.47. The van der Waals surface area contributed by atoms with Gasteiger partial charge in [-0.3, -0.25) is 4.79 Å². The maximum absolute atomic E-state index is 12.9. The van der Waals surface area contributed by atoms with Crippen LogP contribution in [0, 0.1) is 0 Å². The van der Waals surface area contributed by atoms with Crippen molar-refractivity contribution in [2.45, 2.75) is 63.7 Å². The highest BCUT2D eigenvalue weighted by molar-refractivity contribution is 7.87. The van der Waals surface area contributed by atoms with Crippen molar-refractivity contribution in [3.8, 4) is 5.75 Å². The monoisotopic (exact) mass is 457 g/mol. The Kier molecular flexibility index (Phi) is 8.11. The fourth-order valence-electron chi connectivity index (χ4n) is 2.93. The molecule has 0 bridgehead atoms. The molecule has 2 aromatic rings. The fourth-order valence-corrected chi connectivity index (χ4v) is 3.90. The Morgan fingerprint density at radius 3 is 2.39 bits per heavy atom. The predicted octanol–water partition coefficient (Wildman–Crippen LogP) is 5.40. The van der Waals surface area contributed by atoms with Gasteiger partial charge in [-0.1, -0.05) is 31.5 Å². The lowest BCUT2D eigenvalue weighted by Gasteiger charge is -2.27. The second kappa shape index (κ2) is 10.2. The Labute approximate surface area is 181 Å². The maximum atomic E-state index is 12.9. The number of benzene rings is 2. The second-order valence-electron chi connectivity index (χ2n) is 7.43. The van der Waals surface area contributed by atoms with Crippen LogP contribution in [0.1, 0.15) is 51.2 Å². The van der Waals surface area contributed by atoms with Gasteiger partial charge in [-0.05, 0) is 56.2 Å². The molecule has 0 aliphatic carbocycles. The minimum Gasteiger partial charge on any atom is -0.379 e. The van der Waals surface area contributed by atoms with Crippen LogP contribution in [0.15, 0.2) is 53.4 Å². The number of amides is 1. The summed E-state index contributed by atoms with van der Waals surface area (Å²) in [6.07, 6.45) is -2.57. The second-order valence-corrected chi connectivity index (χ2v) is 8.98. The molecular formula is C22H26F3NO4S. The van der Waals surface area contributed by atoms with Crippen LogP contribution in [0.4, 0.5) is 13.2 Å². The highest BCUT2D eigenvalue weighted by Crippen LogP contribution is 2.31. The summed E-state index contributed by atoms with van der Waals surface area (Å²) < 4.78 is 68.7. The molecule has 9 heteroatoms. The first-order valence-electron chi connectivity index (χ1n) is 9.94. The molecule has 0 N–H and O–H groups in total. The number of rotatable bonds is 9. The normalized spacial score (nSPS) is 12.1. The summed E-state index contributed by atoms with van der Waals surface area (Å²) in [6, 6.07) is 9.48. The number of alkyl halides is 3. The van der Waals surface area contributed by atoms with Gasteiger partial charge in [0.1, 0.15) is 10.6 Å². The average molecular weight is 458 g/mol. The van der Waals surface area contributed by atoms with Gasteiger partial charge >= 0.3 is 16.3 Å². The molecule has 0 radical (unpaired) electrons. The van der Waals surface area contributed by atoms with Crippen LogP contribution in [-0.2, 0) is 27.6 Å². The first kappa shape index (κ1) is 24.7. The SMILES string of the molecule is CCCCC(=O)N(Cc1cccc(OS(=O)(=O)c2cccc(C(F)(F)F)c2)c1)C(C)C. The average Bonchev–Trinajstić information content (AvgIpc) is 2.69. The van der Waals surface area contributed by atoms with E-state index in [0.717, 1.165) is 31.0 Å². The van der Waals surface area contributed by atoms with E-state index < -0.39 is 26.8 Å². The minimum absolute atomic E-state index is 0.000224. The largest absolute Gasteiger partial charge is 0.416 e. The molecule has 1 amide bonds. The third kappa shape index (κ3) is 6.99. The van der Waals surface area contributed by atoms with Gasteiger partial charge in [-0.2, -0.15) is 21.6 Å². The van der Waals surface area contributed by atoms with Crippen LogP contribution in [0.5, 0.6) is 5.75 Å². The van der Waals surface area contributed by atoms with Gasteiger partial charge in [0, 0.05) is 19.0 Å². The van der Waals surface area contributed by atoms with Crippen LogP contribution < -0.4 is 4.18 Å². The van der Waals surface area contributed by atoms with Gasteiger partial charge in [-0.25, -0.2) is 0 Å². The van der Waals surface area contributed by atoms with Crippen LogP contribution in [0.25, 0.3) is 0 Å². The molecule has 0 saturated heterocycles. The quantitative estimate of drug-likeness (QED) is 0.473. The summed E-state index contributed by atoms with van der Waals surface area (Å²) in [5.41, 5.74) is -0.431. The number of hydrogen-bond donors (Lipinski definition) is 0. The van der Waals surface area contributed by atoms with Crippen molar-refractivity contribution in [1.82, 2.24) is 4.90 Å². The molecule has 0 aliphatic heterocycles. The smallest absolute Gasteiger partial charge is 0.379 e. The highest BCUT2D eigenvalue weighted by atomic mass is 32.2. The lowest BCUT2D eigenvalue weighted by atomic mass is 10.1. The van der Waals surface area contributed by atoms with E-state index >= 15 is 0 Å².